The summed E-state index contributed by atoms with van der Waals surface area (Å²) in [6.07, 6.45) is 2.00. The number of aryl methyl sites for hydroxylation is 1. The van der Waals surface area contributed by atoms with E-state index in [-0.39, 0.29) is 30.3 Å². The van der Waals surface area contributed by atoms with Crippen LogP contribution in [-0.4, -0.2) is 22.3 Å². The number of carbonyl (C=O) groups excluding carboxylic acids is 1. The van der Waals surface area contributed by atoms with Crippen molar-refractivity contribution in [1.82, 2.24) is 15.1 Å². The van der Waals surface area contributed by atoms with Crippen molar-refractivity contribution >= 4 is 5.91 Å². The Morgan fingerprint density at radius 3 is 2.41 bits per heavy atom. The first-order valence-electron chi connectivity index (χ1n) is 8.72. The Bertz CT molecular complexity index is 954. The number of nitrogens with zero attached hydrogens (tertiary/aromatic N) is 2. The molecule has 0 aliphatic heterocycles. The van der Waals surface area contributed by atoms with Gasteiger partial charge in [0.15, 0.2) is 11.6 Å². The number of aromatic nitrogens is 2. The second-order valence-electron chi connectivity index (χ2n) is 6.12. The maximum Gasteiger partial charge on any atom is 0.387 e. The van der Waals surface area contributed by atoms with Gasteiger partial charge in [0, 0.05) is 12.6 Å². The minimum absolute atomic E-state index is 0.0510. The van der Waals surface area contributed by atoms with Crippen LogP contribution in [0.2, 0.25) is 0 Å². The molecule has 0 saturated carbocycles. The van der Waals surface area contributed by atoms with Gasteiger partial charge in [-0.15, -0.1) is 0 Å². The van der Waals surface area contributed by atoms with Gasteiger partial charge < -0.3 is 10.1 Å². The number of ether oxygens (including phenoxy) is 1. The SMILES string of the molecule is O=C(CCc1ccc(OC(F)F)cc1)NCc1ccn(-c2c(F)cccc2F)n1. The summed E-state index contributed by atoms with van der Waals surface area (Å²) in [5, 5.41) is 6.75. The van der Waals surface area contributed by atoms with Crippen molar-refractivity contribution in [2.75, 3.05) is 0 Å². The minimum Gasteiger partial charge on any atom is -0.435 e. The number of nitrogens with one attached hydrogen (secondary N) is 1. The third-order valence-corrected chi connectivity index (χ3v) is 4.07. The van der Waals surface area contributed by atoms with E-state index in [2.05, 4.69) is 15.2 Å². The molecule has 1 amide bonds. The van der Waals surface area contributed by atoms with E-state index in [1.165, 1.54) is 24.4 Å². The Labute approximate surface area is 163 Å². The van der Waals surface area contributed by atoms with Gasteiger partial charge in [0.25, 0.3) is 0 Å². The number of rotatable bonds is 8. The zero-order valence-electron chi connectivity index (χ0n) is 15.1. The van der Waals surface area contributed by atoms with Crippen molar-refractivity contribution in [2.45, 2.75) is 26.0 Å². The predicted octanol–water partition coefficient (Wildman–Crippen LogP) is 4.00. The van der Waals surface area contributed by atoms with Crippen LogP contribution in [0.3, 0.4) is 0 Å². The zero-order chi connectivity index (χ0) is 20.8. The maximum absolute atomic E-state index is 13.8. The first kappa shape index (κ1) is 20.4. The molecule has 9 heteroatoms. The molecule has 0 fully saturated rings. The highest BCUT2D eigenvalue weighted by atomic mass is 19.3. The Hall–Kier alpha value is -3.36. The van der Waals surface area contributed by atoms with Crippen molar-refractivity contribution < 1.29 is 27.1 Å². The summed E-state index contributed by atoms with van der Waals surface area (Å²) in [6.45, 7) is -2.78. The molecule has 0 spiro atoms. The molecule has 0 atom stereocenters. The van der Waals surface area contributed by atoms with Crippen LogP contribution in [0.15, 0.2) is 54.7 Å². The quantitative estimate of drug-likeness (QED) is 0.575. The van der Waals surface area contributed by atoms with E-state index in [9.17, 15) is 22.4 Å². The molecule has 152 valence electrons. The minimum atomic E-state index is -2.88. The number of para-hydroxylation sites is 1. The van der Waals surface area contributed by atoms with Gasteiger partial charge in [0.2, 0.25) is 5.91 Å². The van der Waals surface area contributed by atoms with E-state index in [1.54, 1.807) is 18.2 Å². The smallest absolute Gasteiger partial charge is 0.387 e. The molecule has 0 aliphatic rings. The molecule has 3 aromatic rings. The zero-order valence-corrected chi connectivity index (χ0v) is 15.1. The molecule has 3 rings (SSSR count). The molecule has 2 aromatic carbocycles. The van der Waals surface area contributed by atoms with Crippen molar-refractivity contribution in [3.05, 3.63) is 77.6 Å². The van der Waals surface area contributed by atoms with Gasteiger partial charge in [-0.1, -0.05) is 18.2 Å². The van der Waals surface area contributed by atoms with Gasteiger partial charge in [-0.2, -0.15) is 13.9 Å². The highest BCUT2D eigenvalue weighted by Crippen LogP contribution is 2.17. The highest BCUT2D eigenvalue weighted by molar-refractivity contribution is 5.76. The van der Waals surface area contributed by atoms with Gasteiger partial charge in [-0.3, -0.25) is 4.79 Å². The first-order valence-corrected chi connectivity index (χ1v) is 8.72. The molecule has 0 bridgehead atoms. The van der Waals surface area contributed by atoms with Crippen LogP contribution in [0.5, 0.6) is 5.75 Å². The molecule has 1 aromatic heterocycles. The fourth-order valence-electron chi connectivity index (χ4n) is 2.66. The first-order chi connectivity index (χ1) is 13.9. The lowest BCUT2D eigenvalue weighted by Crippen LogP contribution is -2.23. The Kier molecular flexibility index (Phi) is 6.48. The van der Waals surface area contributed by atoms with Crippen LogP contribution in [0.1, 0.15) is 17.7 Å². The van der Waals surface area contributed by atoms with Gasteiger partial charge in [0.05, 0.1) is 12.2 Å². The Morgan fingerprint density at radius 1 is 1.07 bits per heavy atom. The summed E-state index contributed by atoms with van der Waals surface area (Å²) in [4.78, 5) is 12.0. The monoisotopic (exact) mass is 407 g/mol. The number of carbonyl (C=O) groups is 1. The molecule has 0 aliphatic carbocycles. The van der Waals surface area contributed by atoms with Gasteiger partial charge in [-0.05, 0) is 42.3 Å². The average molecular weight is 407 g/mol. The van der Waals surface area contributed by atoms with E-state index in [4.69, 9.17) is 0 Å². The number of amides is 1. The lowest BCUT2D eigenvalue weighted by atomic mass is 10.1. The molecule has 29 heavy (non-hydrogen) atoms. The Morgan fingerprint density at radius 2 is 1.76 bits per heavy atom. The fourth-order valence-corrected chi connectivity index (χ4v) is 2.66. The van der Waals surface area contributed by atoms with Gasteiger partial charge >= 0.3 is 6.61 Å². The summed E-state index contributed by atoms with van der Waals surface area (Å²) < 4.78 is 57.2. The Balaban J connectivity index is 1.49. The average Bonchev–Trinajstić information content (AvgIpc) is 3.14. The molecule has 5 nitrogen and oxygen atoms in total. The molecule has 1 heterocycles. The lowest BCUT2D eigenvalue weighted by molar-refractivity contribution is -0.121. The van der Waals surface area contributed by atoms with Crippen LogP contribution < -0.4 is 10.1 Å². The van der Waals surface area contributed by atoms with Crippen LogP contribution in [0.25, 0.3) is 5.69 Å². The van der Waals surface area contributed by atoms with Crippen molar-refractivity contribution in [3.8, 4) is 11.4 Å². The molecule has 0 radical (unpaired) electrons. The summed E-state index contributed by atoms with van der Waals surface area (Å²) in [5.41, 5.74) is 0.944. The predicted molar refractivity (Wildman–Crippen MR) is 96.7 cm³/mol. The number of halogens is 4. The molecule has 1 N–H and O–H groups in total. The van der Waals surface area contributed by atoms with Gasteiger partial charge in [0.1, 0.15) is 11.4 Å². The summed E-state index contributed by atoms with van der Waals surface area (Å²) in [5.74, 6) is -1.68. The molecule has 0 saturated heterocycles. The highest BCUT2D eigenvalue weighted by Gasteiger charge is 2.12. The van der Waals surface area contributed by atoms with E-state index >= 15 is 0 Å². The van der Waals surface area contributed by atoms with Gasteiger partial charge in [-0.25, -0.2) is 13.5 Å². The van der Waals surface area contributed by atoms with E-state index in [0.29, 0.717) is 12.1 Å². The van der Waals surface area contributed by atoms with E-state index < -0.39 is 18.2 Å². The van der Waals surface area contributed by atoms with Crippen molar-refractivity contribution in [3.63, 3.8) is 0 Å². The second kappa shape index (κ2) is 9.22. The fraction of sp³-hybridized carbons (Fsp3) is 0.200. The summed E-state index contributed by atoms with van der Waals surface area (Å²) in [7, 11) is 0. The largest absolute Gasteiger partial charge is 0.435 e. The third-order valence-electron chi connectivity index (χ3n) is 4.07. The van der Waals surface area contributed by atoms with Crippen LogP contribution >= 0.6 is 0 Å². The van der Waals surface area contributed by atoms with E-state index in [0.717, 1.165) is 22.4 Å². The number of hydrogen-bond donors (Lipinski definition) is 1. The summed E-state index contributed by atoms with van der Waals surface area (Å²) >= 11 is 0. The molecule has 0 unspecified atom stereocenters. The number of alkyl halides is 2. The van der Waals surface area contributed by atoms with Crippen molar-refractivity contribution in [1.29, 1.82) is 0 Å². The van der Waals surface area contributed by atoms with Crippen LogP contribution in [-0.2, 0) is 17.8 Å². The van der Waals surface area contributed by atoms with Crippen LogP contribution in [0, 0.1) is 11.6 Å². The number of hydrogen-bond acceptors (Lipinski definition) is 3. The standard InChI is InChI=1S/C20H17F4N3O2/c21-16-2-1-3-17(22)19(16)27-11-10-14(26-27)12-25-18(28)9-6-13-4-7-15(8-5-13)29-20(23)24/h1-5,7-8,10-11,20H,6,9,12H2,(H,25,28). The van der Waals surface area contributed by atoms with E-state index in [1.807, 2.05) is 0 Å². The molecular weight excluding hydrogens is 390 g/mol. The lowest BCUT2D eigenvalue weighted by Gasteiger charge is -2.07. The number of benzene rings is 2. The summed E-state index contributed by atoms with van der Waals surface area (Å²) in [6, 6.07) is 11.1. The topological polar surface area (TPSA) is 56.1 Å². The maximum atomic E-state index is 13.8. The normalized spacial score (nSPS) is 10.9. The molecular formula is C20H17F4N3O2. The third kappa shape index (κ3) is 5.56. The van der Waals surface area contributed by atoms with Crippen LogP contribution in [0.4, 0.5) is 17.6 Å². The van der Waals surface area contributed by atoms with Crippen molar-refractivity contribution in [2.24, 2.45) is 0 Å². The second-order valence-corrected chi connectivity index (χ2v) is 6.12.